The zero-order chi connectivity index (χ0) is 32.6. The topological polar surface area (TPSA) is 30.9 Å². The molecule has 0 spiro atoms. The van der Waals surface area contributed by atoms with Gasteiger partial charge in [-0.2, -0.15) is 39.5 Å². The van der Waals surface area contributed by atoms with Gasteiger partial charge in [0.05, 0.1) is 25.9 Å². The van der Waals surface area contributed by atoms with Gasteiger partial charge in [0.25, 0.3) is 0 Å². The molecular weight excluding hydrogens is 605 g/mol. The highest BCUT2D eigenvalue weighted by molar-refractivity contribution is 5.40. The Bertz CT molecular complexity index is 1070. The molecule has 0 aliphatic heterocycles. The number of nitrogens with zero attached hydrogens (tertiary/aromatic N) is 1. The molecule has 0 amide bonds. The molecule has 2 fully saturated rings. The van der Waals surface area contributed by atoms with Crippen molar-refractivity contribution in [2.45, 2.75) is 101 Å². The highest BCUT2D eigenvalue weighted by atomic mass is 19.4. The maximum absolute atomic E-state index is 13.1. The molecule has 2 saturated carbocycles. The van der Waals surface area contributed by atoms with Crippen LogP contribution in [0.1, 0.15) is 75.8 Å². The van der Waals surface area contributed by atoms with Crippen LogP contribution in [0.15, 0.2) is 18.2 Å². The number of aryl methyl sites for hydroxylation is 1. The van der Waals surface area contributed by atoms with Crippen molar-refractivity contribution in [3.8, 4) is 5.75 Å². The molecule has 4 nitrogen and oxygen atoms in total. The second kappa shape index (κ2) is 13.2. The van der Waals surface area contributed by atoms with E-state index in [4.69, 9.17) is 9.47 Å². The smallest absolute Gasteiger partial charge is 0.435 e. The van der Waals surface area contributed by atoms with E-state index in [1.54, 1.807) is 0 Å². The monoisotopic (exact) mass is 647 g/mol. The molecule has 0 heterocycles. The molecule has 13 heteroatoms. The van der Waals surface area contributed by atoms with E-state index in [9.17, 15) is 39.5 Å². The highest BCUT2D eigenvalue weighted by Crippen LogP contribution is 2.61. The first-order valence-corrected chi connectivity index (χ1v) is 15.4. The number of ether oxygens (including phenoxy) is 3. The van der Waals surface area contributed by atoms with Crippen LogP contribution in [0.4, 0.5) is 39.5 Å². The first kappa shape index (κ1) is 35.1. The molecule has 0 N–H and O–H groups in total. The van der Waals surface area contributed by atoms with E-state index < -0.39 is 37.3 Å². The number of unbranched alkanes of at least 4 members (excludes halogenated alkanes) is 1. The van der Waals surface area contributed by atoms with Gasteiger partial charge in [0.1, 0.15) is 5.75 Å². The van der Waals surface area contributed by atoms with Gasteiger partial charge in [-0.1, -0.05) is 26.3 Å². The molecule has 0 aromatic heterocycles. The van der Waals surface area contributed by atoms with Gasteiger partial charge >= 0.3 is 24.1 Å². The molecule has 3 unspecified atom stereocenters. The van der Waals surface area contributed by atoms with Crippen molar-refractivity contribution in [2.75, 3.05) is 40.0 Å². The van der Waals surface area contributed by atoms with Crippen molar-refractivity contribution >= 4 is 0 Å². The van der Waals surface area contributed by atoms with E-state index >= 15 is 0 Å². The molecule has 252 valence electrons. The van der Waals surface area contributed by atoms with Crippen molar-refractivity contribution in [2.24, 2.45) is 17.3 Å². The lowest BCUT2D eigenvalue weighted by Crippen LogP contribution is -2.68. The van der Waals surface area contributed by atoms with E-state index in [1.165, 1.54) is 23.1 Å². The molecule has 1 aromatic carbocycles. The molecule has 4 rings (SSSR count). The Labute approximate surface area is 252 Å². The fourth-order valence-corrected chi connectivity index (χ4v) is 7.75. The first-order valence-electron chi connectivity index (χ1n) is 15.4. The van der Waals surface area contributed by atoms with Crippen LogP contribution in [0.3, 0.4) is 0 Å². The molecule has 1 aromatic rings. The number of rotatable bonds is 12. The average molecular weight is 648 g/mol. The van der Waals surface area contributed by atoms with Crippen LogP contribution in [0, 0.1) is 17.3 Å². The van der Waals surface area contributed by atoms with Gasteiger partial charge in [-0.05, 0) is 98.4 Å². The van der Waals surface area contributed by atoms with Crippen LogP contribution in [0.5, 0.6) is 5.75 Å². The van der Waals surface area contributed by atoms with E-state index in [1.807, 2.05) is 0 Å². The molecule has 3 aliphatic carbocycles. The quantitative estimate of drug-likeness (QED) is 0.168. The largest absolute Gasteiger partial charge is 0.494 e. The maximum atomic E-state index is 13.1. The summed E-state index contributed by atoms with van der Waals surface area (Å²) in [5.41, 5.74) is -3.54. The SMILES string of the molecule is CCCCOc1ccc2c(c1)CCC1C2CC[C@@]2(C)C1CC[C@@H]2OCCN(C)CCOC(C(F)(F)F)(C(F)(F)F)C(F)(F)F. The summed E-state index contributed by atoms with van der Waals surface area (Å²) in [4.78, 5) is 1.30. The first-order chi connectivity index (χ1) is 20.5. The minimum Gasteiger partial charge on any atom is -0.494 e. The van der Waals surface area contributed by atoms with Gasteiger partial charge in [-0.3, -0.25) is 0 Å². The molecule has 44 heavy (non-hydrogen) atoms. The summed E-state index contributed by atoms with van der Waals surface area (Å²) < 4.78 is 133. The predicted molar refractivity (Wildman–Crippen MR) is 146 cm³/mol. The normalized spacial score (nSPS) is 27.7. The number of hydrogen-bond donors (Lipinski definition) is 0. The Balaban J connectivity index is 1.29. The lowest BCUT2D eigenvalue weighted by molar-refractivity contribution is -0.457. The Hall–Kier alpha value is -1.73. The summed E-state index contributed by atoms with van der Waals surface area (Å²) in [6.45, 7) is 3.34. The molecule has 0 radical (unpaired) electrons. The Morgan fingerprint density at radius 2 is 1.52 bits per heavy atom. The Morgan fingerprint density at radius 1 is 0.864 bits per heavy atom. The highest BCUT2D eigenvalue weighted by Gasteiger charge is 2.85. The van der Waals surface area contributed by atoms with Crippen LogP contribution >= 0.6 is 0 Å². The van der Waals surface area contributed by atoms with Crippen molar-refractivity contribution in [3.05, 3.63) is 29.3 Å². The fourth-order valence-electron chi connectivity index (χ4n) is 7.75. The second-order valence-electron chi connectivity index (χ2n) is 12.8. The minimum atomic E-state index is -6.73. The summed E-state index contributed by atoms with van der Waals surface area (Å²) in [5.74, 6) is 2.38. The predicted octanol–water partition coefficient (Wildman–Crippen LogP) is 8.48. The average Bonchev–Trinajstić information content (AvgIpc) is 3.25. The summed E-state index contributed by atoms with van der Waals surface area (Å²) in [6, 6.07) is 6.48. The van der Waals surface area contributed by atoms with Crippen molar-refractivity contribution in [1.29, 1.82) is 0 Å². The molecular formula is C31H42F9NO3. The van der Waals surface area contributed by atoms with Crippen molar-refractivity contribution in [1.82, 2.24) is 4.90 Å². The van der Waals surface area contributed by atoms with E-state index in [0.29, 0.717) is 24.4 Å². The zero-order valence-electron chi connectivity index (χ0n) is 25.3. The van der Waals surface area contributed by atoms with Gasteiger partial charge < -0.3 is 19.1 Å². The number of hydrogen-bond acceptors (Lipinski definition) is 4. The summed E-state index contributed by atoms with van der Waals surface area (Å²) in [5, 5.41) is 0. The lowest BCUT2D eigenvalue weighted by Gasteiger charge is -2.50. The van der Waals surface area contributed by atoms with Gasteiger partial charge in [0.2, 0.25) is 0 Å². The minimum absolute atomic E-state index is 0.0535. The van der Waals surface area contributed by atoms with Gasteiger partial charge in [0, 0.05) is 13.1 Å². The van der Waals surface area contributed by atoms with E-state index in [2.05, 4.69) is 36.8 Å². The third kappa shape index (κ3) is 6.70. The lowest BCUT2D eigenvalue weighted by atomic mass is 9.55. The standard InChI is InChI=1S/C31H42F9NO3/c1-4-5-16-42-21-7-9-22-20(19-21)6-8-24-23(22)12-13-27(2)25(24)10-11-26(27)43-17-14-41(3)15-18-44-28(29(32,33)34,30(35,36)37)31(38,39)40/h7,9,19,23-26H,4-6,8,10-18H2,1-3H3/t23?,24?,25?,26-,27-/m0/s1. The maximum Gasteiger partial charge on any atom is 0.435 e. The molecule has 0 bridgehead atoms. The number of benzene rings is 1. The Morgan fingerprint density at radius 3 is 2.16 bits per heavy atom. The van der Waals surface area contributed by atoms with E-state index in [-0.39, 0.29) is 24.7 Å². The number of halogens is 9. The summed E-state index contributed by atoms with van der Waals surface area (Å²) in [6.07, 6.45) is -12.2. The van der Waals surface area contributed by atoms with Gasteiger partial charge in [-0.15, -0.1) is 0 Å². The molecule has 5 atom stereocenters. The third-order valence-electron chi connectivity index (χ3n) is 10.2. The van der Waals surface area contributed by atoms with Crippen LogP contribution in [0.25, 0.3) is 0 Å². The third-order valence-corrected chi connectivity index (χ3v) is 10.2. The van der Waals surface area contributed by atoms with E-state index in [0.717, 1.165) is 57.1 Å². The van der Waals surface area contributed by atoms with Crippen LogP contribution in [0.2, 0.25) is 0 Å². The van der Waals surface area contributed by atoms with Gasteiger partial charge in [0.15, 0.2) is 0 Å². The summed E-state index contributed by atoms with van der Waals surface area (Å²) >= 11 is 0. The fraction of sp³-hybridized carbons (Fsp3) is 0.806. The second-order valence-corrected chi connectivity index (χ2v) is 12.8. The zero-order valence-corrected chi connectivity index (χ0v) is 25.3. The number of likely N-dealkylation sites (N-methyl/N-ethyl adjacent to an activating group) is 1. The number of alkyl halides is 9. The Kier molecular flexibility index (Phi) is 10.5. The molecule has 0 saturated heterocycles. The number of fused-ring (bicyclic) bond motifs is 5. The van der Waals surface area contributed by atoms with Gasteiger partial charge in [-0.25, -0.2) is 0 Å². The van der Waals surface area contributed by atoms with Crippen LogP contribution < -0.4 is 4.74 Å². The summed E-state index contributed by atoms with van der Waals surface area (Å²) in [7, 11) is 1.38. The van der Waals surface area contributed by atoms with Crippen LogP contribution in [-0.4, -0.2) is 75.1 Å². The van der Waals surface area contributed by atoms with Crippen molar-refractivity contribution < 1.29 is 53.7 Å². The van der Waals surface area contributed by atoms with Crippen molar-refractivity contribution in [3.63, 3.8) is 0 Å². The van der Waals surface area contributed by atoms with Crippen LogP contribution in [-0.2, 0) is 15.9 Å². The molecule has 3 aliphatic rings.